The lowest BCUT2D eigenvalue weighted by Gasteiger charge is -2.36. The summed E-state index contributed by atoms with van der Waals surface area (Å²) in [5.41, 5.74) is 0.722. The van der Waals surface area contributed by atoms with Crippen LogP contribution in [0.25, 0.3) is 0 Å². The normalized spacial score (nSPS) is 25.3. The van der Waals surface area contributed by atoms with Crippen LogP contribution in [0.3, 0.4) is 0 Å². The Balaban J connectivity index is 2.01. The van der Waals surface area contributed by atoms with E-state index < -0.39 is 11.6 Å². The highest BCUT2D eigenvalue weighted by Gasteiger charge is 2.24. The first kappa shape index (κ1) is 13.4. The molecule has 5 heteroatoms. The maximum absolute atomic E-state index is 13.1. The summed E-state index contributed by atoms with van der Waals surface area (Å²) in [5, 5.41) is 9.11. The van der Waals surface area contributed by atoms with Gasteiger partial charge in [-0.25, -0.2) is 8.78 Å². The number of aliphatic hydroxyl groups excluding tert-OH is 1. The number of aliphatic hydroxyl groups is 1. The Morgan fingerprint density at radius 3 is 2.78 bits per heavy atom. The molecule has 1 heterocycles. The molecule has 0 aromatic heterocycles. The van der Waals surface area contributed by atoms with E-state index in [1.54, 1.807) is 6.07 Å². The Morgan fingerprint density at radius 1 is 1.33 bits per heavy atom. The highest BCUT2D eigenvalue weighted by Crippen LogP contribution is 2.16. The SMILES string of the molecule is CC1CN(Cc2ccc(F)c(F)c2)CC(CO)O1. The van der Waals surface area contributed by atoms with E-state index in [2.05, 4.69) is 4.90 Å². The monoisotopic (exact) mass is 257 g/mol. The van der Waals surface area contributed by atoms with Gasteiger partial charge < -0.3 is 9.84 Å². The lowest BCUT2D eigenvalue weighted by Crippen LogP contribution is -2.47. The second-order valence-corrected chi connectivity index (χ2v) is 4.69. The van der Waals surface area contributed by atoms with Gasteiger partial charge in [0.1, 0.15) is 0 Å². The standard InChI is InChI=1S/C13H17F2NO2/c1-9-5-16(7-11(8-17)18-9)6-10-2-3-12(14)13(15)4-10/h2-4,9,11,17H,5-8H2,1H3. The fourth-order valence-corrected chi connectivity index (χ4v) is 2.27. The summed E-state index contributed by atoms with van der Waals surface area (Å²) in [5.74, 6) is -1.66. The van der Waals surface area contributed by atoms with Gasteiger partial charge in [-0.2, -0.15) is 0 Å². The van der Waals surface area contributed by atoms with Crippen LogP contribution in [-0.4, -0.2) is 41.9 Å². The number of hydrogen-bond donors (Lipinski definition) is 1. The predicted molar refractivity (Wildman–Crippen MR) is 63.1 cm³/mol. The number of benzene rings is 1. The lowest BCUT2D eigenvalue weighted by atomic mass is 10.1. The molecule has 0 bridgehead atoms. The summed E-state index contributed by atoms with van der Waals surface area (Å²) in [4.78, 5) is 2.07. The van der Waals surface area contributed by atoms with Crippen LogP contribution in [0.1, 0.15) is 12.5 Å². The fourth-order valence-electron chi connectivity index (χ4n) is 2.27. The maximum Gasteiger partial charge on any atom is 0.159 e. The molecule has 2 atom stereocenters. The van der Waals surface area contributed by atoms with Gasteiger partial charge in [-0.05, 0) is 24.6 Å². The Hall–Kier alpha value is -1.04. The minimum atomic E-state index is -0.831. The number of hydrogen-bond acceptors (Lipinski definition) is 3. The Labute approximate surface area is 105 Å². The van der Waals surface area contributed by atoms with Crippen molar-refractivity contribution in [1.82, 2.24) is 4.90 Å². The van der Waals surface area contributed by atoms with E-state index in [4.69, 9.17) is 9.84 Å². The summed E-state index contributed by atoms with van der Waals surface area (Å²) < 4.78 is 31.4. The van der Waals surface area contributed by atoms with Crippen LogP contribution >= 0.6 is 0 Å². The van der Waals surface area contributed by atoms with Crippen molar-refractivity contribution in [3.8, 4) is 0 Å². The van der Waals surface area contributed by atoms with Crippen LogP contribution in [0.2, 0.25) is 0 Å². The van der Waals surface area contributed by atoms with Crippen molar-refractivity contribution < 1.29 is 18.6 Å². The van der Waals surface area contributed by atoms with Crippen LogP contribution in [0.4, 0.5) is 8.78 Å². The highest BCUT2D eigenvalue weighted by atomic mass is 19.2. The first-order valence-electron chi connectivity index (χ1n) is 6.01. The number of nitrogens with zero attached hydrogens (tertiary/aromatic N) is 1. The molecule has 3 nitrogen and oxygen atoms in total. The Morgan fingerprint density at radius 2 is 2.11 bits per heavy atom. The number of rotatable bonds is 3. The average molecular weight is 257 g/mol. The second-order valence-electron chi connectivity index (χ2n) is 4.69. The first-order chi connectivity index (χ1) is 8.58. The molecule has 1 aromatic carbocycles. The molecule has 2 rings (SSSR count). The van der Waals surface area contributed by atoms with Gasteiger partial charge >= 0.3 is 0 Å². The highest BCUT2D eigenvalue weighted by molar-refractivity contribution is 5.17. The van der Waals surface area contributed by atoms with Crippen LogP contribution < -0.4 is 0 Å². The number of morpholine rings is 1. The fraction of sp³-hybridized carbons (Fsp3) is 0.538. The zero-order valence-corrected chi connectivity index (χ0v) is 10.3. The topological polar surface area (TPSA) is 32.7 Å². The average Bonchev–Trinajstić information content (AvgIpc) is 2.33. The van der Waals surface area contributed by atoms with E-state index in [9.17, 15) is 8.78 Å². The van der Waals surface area contributed by atoms with Crippen molar-refractivity contribution >= 4 is 0 Å². The van der Waals surface area contributed by atoms with Gasteiger partial charge in [0, 0.05) is 19.6 Å². The lowest BCUT2D eigenvalue weighted by molar-refractivity contribution is -0.0972. The molecule has 1 aromatic rings. The third-order valence-electron chi connectivity index (χ3n) is 3.00. The van der Waals surface area contributed by atoms with E-state index in [1.807, 2.05) is 6.92 Å². The van der Waals surface area contributed by atoms with Crippen molar-refractivity contribution in [3.05, 3.63) is 35.4 Å². The smallest absolute Gasteiger partial charge is 0.159 e. The number of ether oxygens (including phenoxy) is 1. The summed E-state index contributed by atoms with van der Waals surface area (Å²) in [6.07, 6.45) is -0.180. The van der Waals surface area contributed by atoms with Crippen molar-refractivity contribution in [2.75, 3.05) is 19.7 Å². The summed E-state index contributed by atoms with van der Waals surface area (Å²) in [6.45, 7) is 3.75. The molecule has 18 heavy (non-hydrogen) atoms. The summed E-state index contributed by atoms with van der Waals surface area (Å²) in [7, 11) is 0. The molecule has 100 valence electrons. The molecule has 1 aliphatic heterocycles. The van der Waals surface area contributed by atoms with E-state index in [0.717, 1.165) is 18.2 Å². The molecule has 1 saturated heterocycles. The molecular formula is C13H17F2NO2. The first-order valence-corrected chi connectivity index (χ1v) is 6.01. The Bertz CT molecular complexity index is 414. The predicted octanol–water partition coefficient (Wildman–Crippen LogP) is 1.55. The van der Waals surface area contributed by atoms with Crippen molar-refractivity contribution in [3.63, 3.8) is 0 Å². The molecule has 0 spiro atoms. The molecule has 1 N–H and O–H groups in total. The third-order valence-corrected chi connectivity index (χ3v) is 3.00. The summed E-state index contributed by atoms with van der Waals surface area (Å²) in [6, 6.07) is 3.92. The van der Waals surface area contributed by atoms with Crippen LogP contribution in [-0.2, 0) is 11.3 Å². The quantitative estimate of drug-likeness (QED) is 0.891. The number of halogens is 2. The molecular weight excluding hydrogens is 240 g/mol. The van der Waals surface area contributed by atoms with Gasteiger partial charge in [-0.15, -0.1) is 0 Å². The molecule has 0 radical (unpaired) electrons. The van der Waals surface area contributed by atoms with E-state index in [0.29, 0.717) is 13.1 Å². The Kier molecular flexibility index (Phi) is 4.27. The third kappa shape index (κ3) is 3.25. The van der Waals surface area contributed by atoms with Crippen LogP contribution in [0, 0.1) is 11.6 Å². The zero-order valence-electron chi connectivity index (χ0n) is 10.3. The van der Waals surface area contributed by atoms with E-state index in [-0.39, 0.29) is 18.8 Å². The molecule has 0 amide bonds. The van der Waals surface area contributed by atoms with Gasteiger partial charge in [-0.3, -0.25) is 4.90 Å². The second kappa shape index (κ2) is 5.73. The maximum atomic E-state index is 13.1. The van der Waals surface area contributed by atoms with E-state index >= 15 is 0 Å². The molecule has 0 saturated carbocycles. The van der Waals surface area contributed by atoms with Gasteiger partial charge in [0.2, 0.25) is 0 Å². The van der Waals surface area contributed by atoms with Crippen molar-refractivity contribution in [2.24, 2.45) is 0 Å². The zero-order chi connectivity index (χ0) is 13.1. The minimum Gasteiger partial charge on any atom is -0.394 e. The minimum absolute atomic E-state index is 0.0289. The molecule has 1 aliphatic rings. The van der Waals surface area contributed by atoms with E-state index in [1.165, 1.54) is 6.07 Å². The summed E-state index contributed by atoms with van der Waals surface area (Å²) >= 11 is 0. The van der Waals surface area contributed by atoms with Crippen LogP contribution in [0.5, 0.6) is 0 Å². The molecule has 2 unspecified atom stereocenters. The van der Waals surface area contributed by atoms with Gasteiger partial charge in [0.25, 0.3) is 0 Å². The molecule has 1 fully saturated rings. The largest absolute Gasteiger partial charge is 0.394 e. The van der Waals surface area contributed by atoms with Gasteiger partial charge in [0.05, 0.1) is 18.8 Å². The van der Waals surface area contributed by atoms with Gasteiger partial charge in [0.15, 0.2) is 11.6 Å². The molecule has 0 aliphatic carbocycles. The van der Waals surface area contributed by atoms with Gasteiger partial charge in [-0.1, -0.05) is 6.07 Å². The van der Waals surface area contributed by atoms with Crippen molar-refractivity contribution in [1.29, 1.82) is 0 Å². The van der Waals surface area contributed by atoms with Crippen LogP contribution in [0.15, 0.2) is 18.2 Å². The van der Waals surface area contributed by atoms with Crippen molar-refractivity contribution in [2.45, 2.75) is 25.7 Å².